The fourth-order valence-electron chi connectivity index (χ4n) is 2.76. The van der Waals surface area contributed by atoms with E-state index >= 15 is 0 Å². The van der Waals surface area contributed by atoms with Crippen LogP contribution in [0.25, 0.3) is 10.2 Å². The Labute approximate surface area is 182 Å². The van der Waals surface area contributed by atoms with Crippen LogP contribution in [0.4, 0.5) is 11.0 Å². The van der Waals surface area contributed by atoms with Crippen molar-refractivity contribution in [1.82, 2.24) is 9.88 Å². The minimum Gasteiger partial charge on any atom is -0.395 e. The largest absolute Gasteiger partial charge is 0.433 e. The second-order valence-corrected chi connectivity index (χ2v) is 7.38. The van der Waals surface area contributed by atoms with Crippen LogP contribution >= 0.6 is 35.3 Å². The Morgan fingerprint density at radius 2 is 1.97 bits per heavy atom. The molecule has 1 amide bonds. The molecule has 0 unspecified atom stereocenters. The van der Waals surface area contributed by atoms with Crippen LogP contribution in [0.15, 0.2) is 34.7 Å². The van der Waals surface area contributed by atoms with Gasteiger partial charge in [0.15, 0.2) is 10.9 Å². The van der Waals surface area contributed by atoms with Crippen LogP contribution in [-0.4, -0.2) is 46.9 Å². The molecule has 0 saturated carbocycles. The summed E-state index contributed by atoms with van der Waals surface area (Å²) in [5, 5.41) is 11.9. The van der Waals surface area contributed by atoms with Gasteiger partial charge < -0.3 is 9.32 Å². The van der Waals surface area contributed by atoms with Gasteiger partial charge in [0.05, 0.1) is 15.8 Å². The summed E-state index contributed by atoms with van der Waals surface area (Å²) < 4.78 is 5.97. The average Bonchev–Trinajstić information content (AvgIpc) is 3.33. The number of nitrogens with zero attached hydrogens (tertiary/aromatic N) is 4. The van der Waals surface area contributed by atoms with Crippen molar-refractivity contribution in [2.45, 2.75) is 13.8 Å². The summed E-state index contributed by atoms with van der Waals surface area (Å²) in [6, 6.07) is 7.93. The number of carbonyl (C=O) groups excluding carboxylic acids is 1. The lowest BCUT2D eigenvalue weighted by Gasteiger charge is -2.23. The molecule has 0 atom stereocenters. The van der Waals surface area contributed by atoms with Gasteiger partial charge in [0.1, 0.15) is 10.4 Å². The molecule has 2 heterocycles. The highest BCUT2D eigenvalue weighted by Crippen LogP contribution is 2.33. The van der Waals surface area contributed by atoms with Crippen LogP contribution in [0.2, 0.25) is 5.02 Å². The van der Waals surface area contributed by atoms with Crippen LogP contribution < -0.4 is 4.90 Å². The number of anilines is 1. The van der Waals surface area contributed by atoms with E-state index in [9.17, 15) is 14.9 Å². The minimum atomic E-state index is -0.672. The molecule has 8 nitrogen and oxygen atoms in total. The second-order valence-electron chi connectivity index (χ2n) is 5.96. The number of carbonyl (C=O) groups is 1. The molecule has 0 spiro atoms. The Bertz CT molecular complexity index is 1000. The number of rotatable bonds is 8. The molecular weight excluding hydrogens is 439 g/mol. The Kier molecular flexibility index (Phi) is 7.97. The van der Waals surface area contributed by atoms with Crippen molar-refractivity contribution in [3.63, 3.8) is 0 Å². The molecule has 0 fully saturated rings. The van der Waals surface area contributed by atoms with Gasteiger partial charge in [-0.2, -0.15) is 0 Å². The zero-order valence-corrected chi connectivity index (χ0v) is 18.2. The van der Waals surface area contributed by atoms with Crippen molar-refractivity contribution in [2.24, 2.45) is 0 Å². The van der Waals surface area contributed by atoms with Crippen molar-refractivity contribution in [3.8, 4) is 0 Å². The summed E-state index contributed by atoms with van der Waals surface area (Å²) in [6.07, 6.45) is 0. The van der Waals surface area contributed by atoms with E-state index in [4.69, 9.17) is 16.0 Å². The van der Waals surface area contributed by atoms with Gasteiger partial charge >= 0.3 is 5.88 Å². The highest BCUT2D eigenvalue weighted by Gasteiger charge is 2.26. The molecule has 0 saturated heterocycles. The molecule has 156 valence electrons. The average molecular weight is 459 g/mol. The number of hydrogen-bond acceptors (Lipinski definition) is 7. The standard InChI is InChI=1S/C18H19ClN4O4S.ClH/c1-3-21(4-2)10-11-22(17(24)13-8-9-15(27-13)23(25)26)18-20-16-12(19)6-5-7-14(16)28-18;/h5-9H,3-4,10-11H2,1-2H3;1H. The summed E-state index contributed by atoms with van der Waals surface area (Å²) >= 11 is 7.56. The van der Waals surface area contributed by atoms with Crippen LogP contribution in [0.3, 0.4) is 0 Å². The molecule has 0 radical (unpaired) electrons. The highest BCUT2D eigenvalue weighted by atomic mass is 35.5. The van der Waals surface area contributed by atoms with Crippen LogP contribution in [0, 0.1) is 10.1 Å². The molecule has 1 aromatic carbocycles. The van der Waals surface area contributed by atoms with Crippen LogP contribution in [0.5, 0.6) is 0 Å². The number of fused-ring (bicyclic) bond motifs is 1. The smallest absolute Gasteiger partial charge is 0.395 e. The van der Waals surface area contributed by atoms with Crippen molar-refractivity contribution in [2.75, 3.05) is 31.1 Å². The van der Waals surface area contributed by atoms with Gasteiger partial charge in [-0.3, -0.25) is 19.8 Å². The maximum absolute atomic E-state index is 13.1. The van der Waals surface area contributed by atoms with Crippen LogP contribution in [0.1, 0.15) is 24.4 Å². The van der Waals surface area contributed by atoms with E-state index in [1.165, 1.54) is 28.4 Å². The third kappa shape index (κ3) is 5.05. The number of hydrogen-bond donors (Lipinski definition) is 0. The number of para-hydroxylation sites is 1. The lowest BCUT2D eigenvalue weighted by atomic mass is 10.3. The fraction of sp³-hybridized carbons (Fsp3) is 0.333. The molecule has 0 aliphatic rings. The normalized spacial score (nSPS) is 10.9. The minimum absolute atomic E-state index is 0. The second kappa shape index (κ2) is 10.0. The molecular formula is C18H20Cl2N4O4S. The fourth-order valence-corrected chi connectivity index (χ4v) is 4.05. The quantitative estimate of drug-likeness (QED) is 0.353. The van der Waals surface area contributed by atoms with E-state index in [0.29, 0.717) is 28.8 Å². The molecule has 0 bridgehead atoms. The number of likely N-dealkylation sites (N-methyl/N-ethyl adjacent to an activating group) is 1. The first-order valence-corrected chi connectivity index (χ1v) is 9.97. The Balaban J connectivity index is 0.00000300. The monoisotopic (exact) mass is 458 g/mol. The molecule has 3 rings (SSSR count). The molecule has 2 aromatic heterocycles. The predicted molar refractivity (Wildman–Crippen MR) is 117 cm³/mol. The van der Waals surface area contributed by atoms with Gasteiger partial charge in [0.25, 0.3) is 5.91 Å². The summed E-state index contributed by atoms with van der Waals surface area (Å²) in [5.74, 6) is -1.05. The van der Waals surface area contributed by atoms with Gasteiger partial charge in [0.2, 0.25) is 0 Å². The Morgan fingerprint density at radius 1 is 1.24 bits per heavy atom. The molecule has 0 aliphatic carbocycles. The number of thiazole rings is 1. The lowest BCUT2D eigenvalue weighted by molar-refractivity contribution is -0.402. The predicted octanol–water partition coefficient (Wildman–Crippen LogP) is 4.86. The van der Waals surface area contributed by atoms with E-state index in [1.54, 1.807) is 6.07 Å². The topological polar surface area (TPSA) is 92.7 Å². The molecule has 11 heteroatoms. The van der Waals surface area contributed by atoms with E-state index in [0.717, 1.165) is 17.8 Å². The first-order chi connectivity index (χ1) is 13.4. The number of halogens is 2. The molecule has 0 aliphatic heterocycles. The molecule has 29 heavy (non-hydrogen) atoms. The molecule has 0 N–H and O–H groups in total. The summed E-state index contributed by atoms with van der Waals surface area (Å²) in [5.41, 5.74) is 0.621. The lowest BCUT2D eigenvalue weighted by Crippen LogP contribution is -2.38. The van der Waals surface area contributed by atoms with Gasteiger partial charge in [-0.25, -0.2) is 4.98 Å². The summed E-state index contributed by atoms with van der Waals surface area (Å²) in [6.45, 7) is 6.77. The zero-order chi connectivity index (χ0) is 20.3. The number of amides is 1. The summed E-state index contributed by atoms with van der Waals surface area (Å²) in [7, 11) is 0. The first-order valence-electron chi connectivity index (χ1n) is 8.78. The van der Waals surface area contributed by atoms with Gasteiger partial charge in [0, 0.05) is 13.1 Å². The van der Waals surface area contributed by atoms with Crippen molar-refractivity contribution >= 4 is 62.5 Å². The number of nitro groups is 1. The number of aromatic nitrogens is 1. The number of benzene rings is 1. The maximum atomic E-state index is 13.1. The molecule has 3 aromatic rings. The van der Waals surface area contributed by atoms with E-state index < -0.39 is 16.7 Å². The highest BCUT2D eigenvalue weighted by molar-refractivity contribution is 7.22. The van der Waals surface area contributed by atoms with E-state index in [2.05, 4.69) is 9.88 Å². The Morgan fingerprint density at radius 3 is 2.55 bits per heavy atom. The van der Waals surface area contributed by atoms with Gasteiger partial charge in [-0.1, -0.05) is 42.9 Å². The number of furan rings is 1. The zero-order valence-electron chi connectivity index (χ0n) is 15.8. The third-order valence-electron chi connectivity index (χ3n) is 4.35. The Hall–Kier alpha value is -2.20. The van der Waals surface area contributed by atoms with Crippen LogP contribution in [-0.2, 0) is 0 Å². The SMILES string of the molecule is CCN(CC)CCN(C(=O)c1ccc([N+](=O)[O-])o1)c1nc2c(Cl)cccc2s1.Cl. The third-order valence-corrected chi connectivity index (χ3v) is 5.70. The van der Waals surface area contributed by atoms with E-state index in [-0.39, 0.29) is 18.2 Å². The maximum Gasteiger partial charge on any atom is 0.433 e. The summed E-state index contributed by atoms with van der Waals surface area (Å²) in [4.78, 5) is 31.5. The van der Waals surface area contributed by atoms with E-state index in [1.807, 2.05) is 26.0 Å². The van der Waals surface area contributed by atoms with Gasteiger partial charge in [-0.15, -0.1) is 12.4 Å². The first kappa shape index (κ1) is 23.1. The van der Waals surface area contributed by atoms with Crippen molar-refractivity contribution < 1.29 is 14.1 Å². The van der Waals surface area contributed by atoms with Gasteiger partial charge in [-0.05, 0) is 31.3 Å². The van der Waals surface area contributed by atoms with Crippen molar-refractivity contribution in [1.29, 1.82) is 0 Å². The van der Waals surface area contributed by atoms with Crippen molar-refractivity contribution in [3.05, 3.63) is 51.2 Å².